The molecule has 2 aliphatic heterocycles. The SMILES string of the molecule is CC1[N-]CC(CO)=C(CO)C1O.CC1[N-]CC(CO)C(CO)C1O.O=C(O)C(=O)O.[Pd+2]. The molecule has 2 rings (SSSR count). The Kier molecular flexibility index (Phi) is 17.3. The molecule has 184 valence electrons. The van der Waals surface area contributed by atoms with Crippen LogP contribution < -0.4 is 0 Å². The van der Waals surface area contributed by atoms with Gasteiger partial charge in [-0.1, -0.05) is 19.4 Å². The average molecular weight is 543 g/mol. The van der Waals surface area contributed by atoms with Crippen LogP contribution in [-0.2, 0) is 30.0 Å². The number of carboxylic acids is 2. The number of hydrogen-bond acceptors (Lipinski definition) is 8. The summed E-state index contributed by atoms with van der Waals surface area (Å²) in [6, 6.07) is -0.299. The molecule has 0 bridgehead atoms. The number of carboxylic acid groups (broad SMARTS) is 2. The minimum atomic E-state index is -1.82. The molecule has 13 heteroatoms. The molecule has 0 aromatic carbocycles. The van der Waals surface area contributed by atoms with Crippen molar-refractivity contribution in [3.8, 4) is 0 Å². The van der Waals surface area contributed by atoms with Crippen LogP contribution >= 0.6 is 0 Å². The van der Waals surface area contributed by atoms with E-state index in [0.29, 0.717) is 24.2 Å². The predicted molar refractivity (Wildman–Crippen MR) is 105 cm³/mol. The largest absolute Gasteiger partial charge is 2.00 e. The first-order chi connectivity index (χ1) is 14.0. The van der Waals surface area contributed by atoms with Gasteiger partial charge in [-0.2, -0.15) is 0 Å². The second kappa shape index (κ2) is 16.6. The van der Waals surface area contributed by atoms with Crippen LogP contribution in [0.5, 0.6) is 0 Å². The molecule has 1 saturated heterocycles. The predicted octanol–water partition coefficient (Wildman–Crippen LogP) is -2.10. The van der Waals surface area contributed by atoms with Gasteiger partial charge in [0.15, 0.2) is 0 Å². The molecule has 31 heavy (non-hydrogen) atoms. The van der Waals surface area contributed by atoms with Crippen LogP contribution in [0.2, 0.25) is 0 Å². The number of hydrogen-bond donors (Lipinski definition) is 8. The van der Waals surface area contributed by atoms with Crippen molar-refractivity contribution in [3.05, 3.63) is 21.8 Å². The van der Waals surface area contributed by atoms with Crippen molar-refractivity contribution in [1.82, 2.24) is 0 Å². The third-order valence-electron chi connectivity index (χ3n) is 4.99. The van der Waals surface area contributed by atoms with Crippen LogP contribution in [0.25, 0.3) is 10.6 Å². The third-order valence-corrected chi connectivity index (χ3v) is 4.99. The van der Waals surface area contributed by atoms with Gasteiger partial charge in [0.1, 0.15) is 0 Å². The van der Waals surface area contributed by atoms with Crippen LogP contribution in [0.1, 0.15) is 13.8 Å². The number of aliphatic hydroxyl groups is 6. The fraction of sp³-hybridized carbons (Fsp3) is 0.778. The molecule has 2 aliphatic rings. The summed E-state index contributed by atoms with van der Waals surface area (Å²) in [5.41, 5.74) is 1.17. The van der Waals surface area contributed by atoms with Gasteiger partial charge in [-0.05, 0) is 11.5 Å². The van der Waals surface area contributed by atoms with Gasteiger partial charge in [0.2, 0.25) is 0 Å². The summed E-state index contributed by atoms with van der Waals surface area (Å²) < 4.78 is 0. The Morgan fingerprint density at radius 2 is 1.45 bits per heavy atom. The van der Waals surface area contributed by atoms with Gasteiger partial charge >= 0.3 is 32.4 Å². The first-order valence-electron chi connectivity index (χ1n) is 9.35. The van der Waals surface area contributed by atoms with Crippen molar-refractivity contribution in [1.29, 1.82) is 0 Å². The Labute approximate surface area is 194 Å². The standard InChI is InChI=1S/C8H16NO3.C8H14NO3.C2H2O4.Pd/c2*1-5-8(12)7(4-11)6(3-10)2-9-5;3-1(4)2(5)6;/h5-8,10-12H,2-4H2,1H3;5,8,10-12H,2-4H2,1H3;(H,3,4)(H,5,6);/q2*-1;;+2. The van der Waals surface area contributed by atoms with Crippen molar-refractivity contribution in [2.75, 3.05) is 39.5 Å². The molecule has 0 saturated carbocycles. The van der Waals surface area contributed by atoms with E-state index >= 15 is 0 Å². The second-order valence-corrected chi connectivity index (χ2v) is 6.97. The van der Waals surface area contributed by atoms with Crippen molar-refractivity contribution in [2.45, 2.75) is 38.1 Å². The van der Waals surface area contributed by atoms with Crippen LogP contribution in [0.4, 0.5) is 0 Å². The zero-order chi connectivity index (χ0) is 23.4. The Hall–Kier alpha value is -0.978. The van der Waals surface area contributed by atoms with Gasteiger partial charge in [0.25, 0.3) is 0 Å². The van der Waals surface area contributed by atoms with E-state index in [2.05, 4.69) is 10.6 Å². The topological polar surface area (TPSA) is 224 Å². The number of carbonyl (C=O) groups is 2. The van der Waals surface area contributed by atoms with Crippen LogP contribution in [-0.4, -0.2) is 117 Å². The maximum absolute atomic E-state index is 9.57. The van der Waals surface area contributed by atoms with Crippen LogP contribution in [0.15, 0.2) is 11.1 Å². The van der Waals surface area contributed by atoms with Crippen molar-refractivity contribution >= 4 is 11.9 Å². The molecule has 2 heterocycles. The van der Waals surface area contributed by atoms with E-state index in [1.54, 1.807) is 6.92 Å². The molecule has 1 fully saturated rings. The minimum absolute atomic E-state index is 0. The molecule has 0 radical (unpaired) electrons. The number of nitrogens with zero attached hydrogens (tertiary/aromatic N) is 2. The Morgan fingerprint density at radius 1 is 0.903 bits per heavy atom. The van der Waals surface area contributed by atoms with E-state index in [9.17, 15) is 10.2 Å². The number of aliphatic hydroxyl groups excluding tert-OH is 6. The van der Waals surface area contributed by atoms with Crippen LogP contribution in [0.3, 0.4) is 0 Å². The normalized spacial score (nSPS) is 30.1. The van der Waals surface area contributed by atoms with E-state index < -0.39 is 24.1 Å². The van der Waals surface area contributed by atoms with E-state index in [1.165, 1.54) is 0 Å². The third kappa shape index (κ3) is 10.5. The van der Waals surface area contributed by atoms with E-state index in [-0.39, 0.29) is 70.8 Å². The molecular weight excluding hydrogens is 511 g/mol. The summed E-state index contributed by atoms with van der Waals surface area (Å²) in [7, 11) is 0. The van der Waals surface area contributed by atoms with E-state index in [0.717, 1.165) is 0 Å². The van der Waals surface area contributed by atoms with Gasteiger partial charge in [-0.15, -0.1) is 25.2 Å². The zero-order valence-corrected chi connectivity index (χ0v) is 18.9. The number of piperidine rings is 1. The Morgan fingerprint density at radius 3 is 1.84 bits per heavy atom. The summed E-state index contributed by atoms with van der Waals surface area (Å²) in [5.74, 6) is -3.95. The molecule has 0 spiro atoms. The fourth-order valence-corrected chi connectivity index (χ4v) is 2.94. The Balaban J connectivity index is 0. The maximum Gasteiger partial charge on any atom is 2.00 e. The second-order valence-electron chi connectivity index (χ2n) is 6.97. The quantitative estimate of drug-likeness (QED) is 0.110. The van der Waals surface area contributed by atoms with Gasteiger partial charge in [-0.3, -0.25) is 0 Å². The summed E-state index contributed by atoms with van der Waals surface area (Å²) in [6.45, 7) is 4.14. The minimum Gasteiger partial charge on any atom is -0.657 e. The molecule has 12 nitrogen and oxygen atoms in total. The fourth-order valence-electron chi connectivity index (χ4n) is 2.94. The van der Waals surface area contributed by atoms with Gasteiger partial charge in [-0.25, -0.2) is 9.59 Å². The molecule has 0 aliphatic carbocycles. The summed E-state index contributed by atoms with van der Waals surface area (Å²) >= 11 is 0. The summed E-state index contributed by atoms with van der Waals surface area (Å²) in [5, 5.41) is 77.7. The smallest absolute Gasteiger partial charge is 0.657 e. The molecule has 0 amide bonds. The molecule has 6 atom stereocenters. The van der Waals surface area contributed by atoms with Crippen molar-refractivity contribution in [2.24, 2.45) is 11.8 Å². The average Bonchev–Trinajstić information content (AvgIpc) is 2.72. The zero-order valence-electron chi connectivity index (χ0n) is 17.3. The molecule has 8 N–H and O–H groups in total. The van der Waals surface area contributed by atoms with Gasteiger partial charge in [0, 0.05) is 25.2 Å². The first-order valence-corrected chi connectivity index (χ1v) is 9.35. The maximum atomic E-state index is 9.57. The number of aliphatic carboxylic acids is 2. The van der Waals surface area contributed by atoms with E-state index in [1.807, 2.05) is 6.92 Å². The van der Waals surface area contributed by atoms with Crippen molar-refractivity contribution in [3.63, 3.8) is 0 Å². The molecule has 6 unspecified atom stereocenters. The van der Waals surface area contributed by atoms with Crippen LogP contribution in [0, 0.1) is 11.8 Å². The summed E-state index contributed by atoms with van der Waals surface area (Å²) in [4.78, 5) is 18.2. The monoisotopic (exact) mass is 542 g/mol. The van der Waals surface area contributed by atoms with E-state index in [4.69, 9.17) is 40.2 Å². The number of rotatable bonds is 4. The first kappa shape index (κ1) is 32.2. The van der Waals surface area contributed by atoms with Gasteiger partial charge < -0.3 is 51.5 Å². The Bertz CT molecular complexity index is 564. The molecular formula is C18H32N2O10Pd. The van der Waals surface area contributed by atoms with Crippen molar-refractivity contribution < 1.29 is 70.9 Å². The summed E-state index contributed by atoms with van der Waals surface area (Å²) in [6.07, 6.45) is -1.34. The van der Waals surface area contributed by atoms with Gasteiger partial charge in [0.05, 0.1) is 19.3 Å². The molecule has 0 aromatic rings. The molecule has 0 aromatic heterocycles.